The minimum absolute atomic E-state index is 0.129. The molecule has 19 heavy (non-hydrogen) atoms. The Labute approximate surface area is 108 Å². The van der Waals surface area contributed by atoms with E-state index in [4.69, 9.17) is 14.6 Å². The van der Waals surface area contributed by atoms with Crippen LogP contribution in [0.3, 0.4) is 0 Å². The van der Waals surface area contributed by atoms with Crippen LogP contribution in [0.4, 0.5) is 5.69 Å². The first-order valence-electron chi connectivity index (χ1n) is 5.56. The smallest absolute Gasteiger partial charge is 0.273 e. The summed E-state index contributed by atoms with van der Waals surface area (Å²) in [6, 6.07) is 5.36. The number of ether oxygens (including phenoxy) is 2. The van der Waals surface area contributed by atoms with Crippen LogP contribution in [0.15, 0.2) is 24.3 Å². The first-order valence-corrected chi connectivity index (χ1v) is 5.56. The Morgan fingerprint density at radius 1 is 1.37 bits per heavy atom. The number of aliphatic hydroxyl groups excluding tert-OH is 3. The van der Waals surface area contributed by atoms with Gasteiger partial charge in [0, 0.05) is 6.07 Å². The van der Waals surface area contributed by atoms with Gasteiger partial charge in [0.1, 0.15) is 24.1 Å². The number of nitro benzene ring substituents is 1. The number of benzene rings is 1. The number of hydrogen-bond acceptors (Lipinski definition) is 7. The minimum Gasteiger partial charge on any atom is -0.462 e. The number of aliphatic hydroxyl groups is 3. The quantitative estimate of drug-likeness (QED) is 0.494. The number of rotatable bonds is 4. The van der Waals surface area contributed by atoms with Crippen LogP contribution in [0.2, 0.25) is 0 Å². The van der Waals surface area contributed by atoms with Crippen molar-refractivity contribution >= 4 is 5.69 Å². The first kappa shape index (κ1) is 13.7. The molecule has 8 nitrogen and oxygen atoms in total. The molecule has 1 aromatic rings. The molecule has 1 aliphatic rings. The Morgan fingerprint density at radius 2 is 2.11 bits per heavy atom. The minimum atomic E-state index is -1.34. The topological polar surface area (TPSA) is 122 Å². The summed E-state index contributed by atoms with van der Waals surface area (Å²) in [6.07, 6.45) is -4.74. The number of nitrogens with zero attached hydrogens (tertiary/aromatic N) is 1. The van der Waals surface area contributed by atoms with Crippen molar-refractivity contribution in [3.05, 3.63) is 34.4 Å². The van der Waals surface area contributed by atoms with Crippen molar-refractivity contribution in [3.8, 4) is 5.75 Å². The third-order valence-corrected chi connectivity index (χ3v) is 2.78. The number of nitro groups is 1. The van der Waals surface area contributed by atoms with Crippen LogP contribution in [0.25, 0.3) is 0 Å². The van der Waals surface area contributed by atoms with Crippen molar-refractivity contribution in [3.63, 3.8) is 0 Å². The van der Waals surface area contributed by atoms with Gasteiger partial charge in [0.25, 0.3) is 5.69 Å². The second kappa shape index (κ2) is 5.49. The third kappa shape index (κ3) is 2.82. The zero-order valence-corrected chi connectivity index (χ0v) is 9.75. The maximum absolute atomic E-state index is 10.6. The van der Waals surface area contributed by atoms with Crippen molar-refractivity contribution in [1.82, 2.24) is 0 Å². The molecule has 0 saturated carbocycles. The highest BCUT2D eigenvalue weighted by Gasteiger charge is 2.43. The highest BCUT2D eigenvalue weighted by molar-refractivity contribution is 5.38. The summed E-state index contributed by atoms with van der Waals surface area (Å²) < 4.78 is 10.3. The average molecular weight is 271 g/mol. The second-order valence-electron chi connectivity index (χ2n) is 4.08. The molecule has 0 amide bonds. The van der Waals surface area contributed by atoms with E-state index in [0.717, 1.165) is 0 Å². The molecule has 8 heteroatoms. The van der Waals surface area contributed by atoms with E-state index in [9.17, 15) is 20.3 Å². The van der Waals surface area contributed by atoms with Gasteiger partial charge >= 0.3 is 0 Å². The number of non-ortho nitro benzene ring substituents is 1. The standard InChI is InChI=1S/C11H13NO7/c13-5-8-9(14)10(15)11(19-8)18-7-3-1-2-6(4-7)12(16)17/h1-4,8-11,13-15H,5H2/t8-,9-,10+,11+/m0/s1. The van der Waals surface area contributed by atoms with E-state index in [-0.39, 0.29) is 11.4 Å². The predicted molar refractivity (Wildman–Crippen MR) is 61.5 cm³/mol. The van der Waals surface area contributed by atoms with E-state index in [1.54, 1.807) is 0 Å². The Morgan fingerprint density at radius 3 is 2.68 bits per heavy atom. The van der Waals surface area contributed by atoms with Crippen LogP contribution in [-0.2, 0) is 4.74 Å². The van der Waals surface area contributed by atoms with Crippen molar-refractivity contribution in [1.29, 1.82) is 0 Å². The molecule has 0 unspecified atom stereocenters. The second-order valence-corrected chi connectivity index (χ2v) is 4.08. The van der Waals surface area contributed by atoms with E-state index >= 15 is 0 Å². The molecule has 2 rings (SSSR count). The molecule has 1 aromatic carbocycles. The summed E-state index contributed by atoms with van der Waals surface area (Å²) in [7, 11) is 0. The van der Waals surface area contributed by atoms with E-state index in [2.05, 4.69) is 0 Å². The van der Waals surface area contributed by atoms with E-state index < -0.39 is 36.1 Å². The van der Waals surface area contributed by atoms with Gasteiger partial charge in [0.15, 0.2) is 0 Å². The molecule has 4 atom stereocenters. The predicted octanol–water partition coefficient (Wildman–Crippen LogP) is -0.587. The van der Waals surface area contributed by atoms with Gasteiger partial charge < -0.3 is 24.8 Å². The molecule has 0 spiro atoms. The van der Waals surface area contributed by atoms with Gasteiger partial charge in [-0.15, -0.1) is 0 Å². The SMILES string of the molecule is O=[N+]([O-])c1cccc(O[C@@H]2O[C@@H](CO)[C@H](O)[C@H]2O)c1. The summed E-state index contributed by atoms with van der Waals surface area (Å²) in [6.45, 7) is -0.465. The Kier molecular flexibility index (Phi) is 3.96. The van der Waals surface area contributed by atoms with Gasteiger partial charge in [-0.3, -0.25) is 10.1 Å². The van der Waals surface area contributed by atoms with Gasteiger partial charge in [-0.25, -0.2) is 0 Å². The lowest BCUT2D eigenvalue weighted by Crippen LogP contribution is -2.35. The summed E-state index contributed by atoms with van der Waals surface area (Å²) >= 11 is 0. The van der Waals surface area contributed by atoms with Crippen molar-refractivity contribution < 1.29 is 29.7 Å². The Bertz CT molecular complexity index is 466. The van der Waals surface area contributed by atoms with Gasteiger partial charge in [-0.2, -0.15) is 0 Å². The normalized spacial score (nSPS) is 30.3. The molecular weight excluding hydrogens is 258 g/mol. The molecule has 1 heterocycles. The molecule has 0 bridgehead atoms. The van der Waals surface area contributed by atoms with Gasteiger partial charge in [0.05, 0.1) is 17.6 Å². The molecule has 104 valence electrons. The summed E-state index contributed by atoms with van der Waals surface area (Å²) in [5.41, 5.74) is -0.163. The lowest BCUT2D eigenvalue weighted by atomic mass is 10.1. The summed E-state index contributed by atoms with van der Waals surface area (Å²) in [5.74, 6) is 0.129. The molecule has 1 saturated heterocycles. The van der Waals surface area contributed by atoms with Crippen molar-refractivity contribution in [2.24, 2.45) is 0 Å². The molecule has 3 N–H and O–H groups in total. The Hall–Kier alpha value is -1.74. The van der Waals surface area contributed by atoms with Crippen LogP contribution < -0.4 is 4.74 Å². The highest BCUT2D eigenvalue weighted by Crippen LogP contribution is 2.26. The third-order valence-electron chi connectivity index (χ3n) is 2.78. The van der Waals surface area contributed by atoms with E-state index in [1.807, 2.05) is 0 Å². The molecular formula is C11H13NO7. The molecule has 1 fully saturated rings. The van der Waals surface area contributed by atoms with Gasteiger partial charge in [-0.1, -0.05) is 6.07 Å². The highest BCUT2D eigenvalue weighted by atomic mass is 16.7. The fourth-order valence-electron chi connectivity index (χ4n) is 1.77. The van der Waals surface area contributed by atoms with Crippen LogP contribution in [-0.4, -0.2) is 51.5 Å². The van der Waals surface area contributed by atoms with E-state index in [1.165, 1.54) is 24.3 Å². The zero-order chi connectivity index (χ0) is 14.0. The van der Waals surface area contributed by atoms with Gasteiger partial charge in [-0.05, 0) is 6.07 Å². The average Bonchev–Trinajstić information content (AvgIpc) is 2.67. The van der Waals surface area contributed by atoms with Gasteiger partial charge in [0.2, 0.25) is 6.29 Å². The fourth-order valence-corrected chi connectivity index (χ4v) is 1.77. The molecule has 0 radical (unpaired) electrons. The van der Waals surface area contributed by atoms with Crippen LogP contribution >= 0.6 is 0 Å². The maximum atomic E-state index is 10.6. The number of hydrogen-bond donors (Lipinski definition) is 3. The monoisotopic (exact) mass is 271 g/mol. The largest absolute Gasteiger partial charge is 0.462 e. The van der Waals surface area contributed by atoms with Crippen molar-refractivity contribution in [2.45, 2.75) is 24.6 Å². The Balaban J connectivity index is 2.09. The molecule has 0 aliphatic carbocycles. The maximum Gasteiger partial charge on any atom is 0.273 e. The van der Waals surface area contributed by atoms with Crippen LogP contribution in [0.5, 0.6) is 5.75 Å². The zero-order valence-electron chi connectivity index (χ0n) is 9.75. The fraction of sp³-hybridized carbons (Fsp3) is 0.455. The van der Waals surface area contributed by atoms with Crippen LogP contribution in [0.1, 0.15) is 0 Å². The molecule has 1 aliphatic heterocycles. The van der Waals surface area contributed by atoms with E-state index in [0.29, 0.717) is 0 Å². The lowest BCUT2D eigenvalue weighted by Gasteiger charge is -2.16. The molecule has 0 aromatic heterocycles. The first-order chi connectivity index (χ1) is 9.02. The lowest BCUT2D eigenvalue weighted by molar-refractivity contribution is -0.385. The summed E-state index contributed by atoms with van der Waals surface area (Å²) in [4.78, 5) is 10.0. The summed E-state index contributed by atoms with van der Waals surface area (Å²) in [5, 5.41) is 38.7. The van der Waals surface area contributed by atoms with Crippen molar-refractivity contribution in [2.75, 3.05) is 6.61 Å². The van der Waals surface area contributed by atoms with Crippen LogP contribution in [0, 0.1) is 10.1 Å².